The highest BCUT2D eigenvalue weighted by Crippen LogP contribution is 2.30. The Morgan fingerprint density at radius 2 is 2.14 bits per heavy atom. The monoisotopic (exact) mass is 417 g/mol. The Labute approximate surface area is 144 Å². The summed E-state index contributed by atoms with van der Waals surface area (Å²) in [6, 6.07) is 7.69. The lowest BCUT2D eigenvalue weighted by Crippen LogP contribution is -2.34. The fourth-order valence-electron chi connectivity index (χ4n) is 2.85. The minimum Gasteiger partial charge on any atom is -0.325 e. The molecule has 1 aromatic carbocycles. The Bertz CT molecular complexity index is 648. The van der Waals surface area contributed by atoms with Gasteiger partial charge in [-0.05, 0) is 74.5 Å². The molecule has 114 valence electrons. The Morgan fingerprint density at radius 1 is 1.43 bits per heavy atom. The van der Waals surface area contributed by atoms with E-state index in [4.69, 9.17) is 16.6 Å². The van der Waals surface area contributed by atoms with Crippen molar-refractivity contribution in [1.82, 2.24) is 14.5 Å². The van der Waals surface area contributed by atoms with E-state index in [0.29, 0.717) is 6.04 Å². The van der Waals surface area contributed by atoms with Crippen molar-refractivity contribution < 1.29 is 0 Å². The molecule has 5 heteroatoms. The molecule has 21 heavy (non-hydrogen) atoms. The van der Waals surface area contributed by atoms with Crippen molar-refractivity contribution in [1.29, 1.82) is 0 Å². The van der Waals surface area contributed by atoms with E-state index in [1.165, 1.54) is 21.9 Å². The summed E-state index contributed by atoms with van der Waals surface area (Å²) in [7, 11) is 2.23. The van der Waals surface area contributed by atoms with Crippen molar-refractivity contribution in [2.75, 3.05) is 7.05 Å². The Hall–Kier alpha value is -0.330. The summed E-state index contributed by atoms with van der Waals surface area (Å²) in [5.74, 6) is 0.977. The molecule has 2 atom stereocenters. The first-order valence-corrected chi connectivity index (χ1v) is 9.00. The third kappa shape index (κ3) is 3.22. The van der Waals surface area contributed by atoms with Gasteiger partial charge in [-0.15, -0.1) is 11.6 Å². The molecule has 1 aromatic heterocycles. The van der Waals surface area contributed by atoms with Gasteiger partial charge in [0.25, 0.3) is 0 Å². The maximum Gasteiger partial charge on any atom is 0.127 e. The average Bonchev–Trinajstić information content (AvgIpc) is 3.21. The lowest BCUT2D eigenvalue weighted by atomic mass is 10.2. The highest BCUT2D eigenvalue weighted by Gasteiger charge is 2.30. The Morgan fingerprint density at radius 3 is 2.76 bits per heavy atom. The van der Waals surface area contributed by atoms with Crippen LogP contribution in [0.15, 0.2) is 18.2 Å². The van der Waals surface area contributed by atoms with Crippen LogP contribution >= 0.6 is 34.2 Å². The molecule has 3 rings (SSSR count). The third-order valence-corrected chi connectivity index (χ3v) is 5.23. The second-order valence-electron chi connectivity index (χ2n) is 6.08. The van der Waals surface area contributed by atoms with Gasteiger partial charge in [-0.3, -0.25) is 4.90 Å². The van der Waals surface area contributed by atoms with Gasteiger partial charge in [-0.25, -0.2) is 4.98 Å². The second-order valence-corrected chi connectivity index (χ2v) is 7.98. The first kappa shape index (κ1) is 15.6. The number of hydrogen-bond donors (Lipinski definition) is 0. The Kier molecular flexibility index (Phi) is 4.48. The molecule has 0 radical (unpaired) electrons. The van der Waals surface area contributed by atoms with Crippen LogP contribution in [0, 0.1) is 3.57 Å². The quantitative estimate of drug-likeness (QED) is 0.530. The average molecular weight is 418 g/mol. The van der Waals surface area contributed by atoms with E-state index in [2.05, 4.69) is 64.2 Å². The summed E-state index contributed by atoms with van der Waals surface area (Å²) < 4.78 is 3.51. The number of halogens is 2. The van der Waals surface area contributed by atoms with E-state index in [1.54, 1.807) is 0 Å². The molecule has 0 N–H and O–H groups in total. The van der Waals surface area contributed by atoms with Crippen LogP contribution < -0.4 is 0 Å². The van der Waals surface area contributed by atoms with E-state index < -0.39 is 0 Å². The number of rotatable bonds is 5. The van der Waals surface area contributed by atoms with Gasteiger partial charge in [-0.1, -0.05) is 0 Å². The summed E-state index contributed by atoms with van der Waals surface area (Å²) in [5.41, 5.74) is 2.24. The Balaban J connectivity index is 1.96. The second kappa shape index (κ2) is 6.05. The van der Waals surface area contributed by atoms with E-state index in [1.807, 2.05) is 6.92 Å². The zero-order valence-electron chi connectivity index (χ0n) is 12.7. The largest absolute Gasteiger partial charge is 0.325 e. The zero-order valence-corrected chi connectivity index (χ0v) is 15.6. The van der Waals surface area contributed by atoms with Gasteiger partial charge < -0.3 is 4.57 Å². The lowest BCUT2D eigenvalue weighted by molar-refractivity contribution is 0.226. The summed E-state index contributed by atoms with van der Waals surface area (Å²) >= 11 is 8.69. The summed E-state index contributed by atoms with van der Waals surface area (Å²) in [6.07, 6.45) is 2.67. The smallest absolute Gasteiger partial charge is 0.127 e. The number of imidazole rings is 1. The molecule has 0 amide bonds. The number of alkyl halides is 1. The topological polar surface area (TPSA) is 21.1 Å². The molecular formula is C16H21ClIN3. The molecule has 1 heterocycles. The van der Waals surface area contributed by atoms with Crippen LogP contribution in [-0.2, 0) is 6.54 Å². The predicted molar refractivity (Wildman–Crippen MR) is 97.0 cm³/mol. The first-order chi connectivity index (χ1) is 9.97. The molecule has 1 aliphatic carbocycles. The predicted octanol–water partition coefficient (Wildman–Crippen LogP) is 4.42. The molecule has 2 unspecified atom stereocenters. The number of aromatic nitrogens is 2. The zero-order chi connectivity index (χ0) is 15.1. The van der Waals surface area contributed by atoms with E-state index >= 15 is 0 Å². The van der Waals surface area contributed by atoms with E-state index in [9.17, 15) is 0 Å². The fourth-order valence-corrected chi connectivity index (χ4v) is 3.49. The SMILES string of the molecule is CC(Cl)c1nc2cc(I)ccc2n1CC(C)N(C)C1CC1. The molecule has 0 bridgehead atoms. The number of likely N-dealkylation sites (N-methyl/N-ethyl adjacent to an activating group) is 1. The molecule has 1 fully saturated rings. The highest BCUT2D eigenvalue weighted by atomic mass is 127. The molecule has 1 saturated carbocycles. The van der Waals surface area contributed by atoms with Crippen LogP contribution in [0.2, 0.25) is 0 Å². The fraction of sp³-hybridized carbons (Fsp3) is 0.562. The standard InChI is InChI=1S/C16H21ClIN3/c1-10(20(3)13-5-6-13)9-21-15-7-4-12(18)8-14(15)19-16(21)11(2)17/h4,7-8,10-11,13H,5-6,9H2,1-3H3. The van der Waals surface area contributed by atoms with Crippen LogP contribution in [0.25, 0.3) is 11.0 Å². The highest BCUT2D eigenvalue weighted by molar-refractivity contribution is 14.1. The minimum atomic E-state index is -0.0755. The number of hydrogen-bond acceptors (Lipinski definition) is 2. The van der Waals surface area contributed by atoms with Crippen LogP contribution in [0.3, 0.4) is 0 Å². The maximum absolute atomic E-state index is 6.36. The number of benzene rings is 1. The van der Waals surface area contributed by atoms with Gasteiger partial charge in [0, 0.05) is 22.2 Å². The van der Waals surface area contributed by atoms with E-state index in [-0.39, 0.29) is 5.38 Å². The van der Waals surface area contributed by atoms with Gasteiger partial charge >= 0.3 is 0 Å². The molecule has 0 aliphatic heterocycles. The van der Waals surface area contributed by atoms with Crippen LogP contribution in [-0.4, -0.2) is 33.6 Å². The van der Waals surface area contributed by atoms with Gasteiger partial charge in [-0.2, -0.15) is 0 Å². The van der Waals surface area contributed by atoms with Gasteiger partial charge in [0.05, 0.1) is 16.4 Å². The van der Waals surface area contributed by atoms with Crippen molar-refractivity contribution in [2.45, 2.75) is 50.7 Å². The first-order valence-electron chi connectivity index (χ1n) is 7.49. The van der Waals surface area contributed by atoms with Crippen molar-refractivity contribution in [3.63, 3.8) is 0 Å². The minimum absolute atomic E-state index is 0.0755. The number of nitrogens with zero attached hydrogens (tertiary/aromatic N) is 3. The van der Waals surface area contributed by atoms with Crippen LogP contribution in [0.5, 0.6) is 0 Å². The molecule has 3 nitrogen and oxygen atoms in total. The number of fused-ring (bicyclic) bond motifs is 1. The normalized spacial score (nSPS) is 18.4. The summed E-state index contributed by atoms with van der Waals surface area (Å²) in [6.45, 7) is 5.23. The van der Waals surface area contributed by atoms with Crippen molar-refractivity contribution in [3.8, 4) is 0 Å². The van der Waals surface area contributed by atoms with Crippen molar-refractivity contribution in [2.24, 2.45) is 0 Å². The maximum atomic E-state index is 6.36. The van der Waals surface area contributed by atoms with Crippen LogP contribution in [0.4, 0.5) is 0 Å². The van der Waals surface area contributed by atoms with Gasteiger partial charge in [0.15, 0.2) is 0 Å². The summed E-state index contributed by atoms with van der Waals surface area (Å²) in [4.78, 5) is 7.24. The molecular weight excluding hydrogens is 397 g/mol. The molecule has 0 saturated heterocycles. The summed E-state index contributed by atoms with van der Waals surface area (Å²) in [5, 5.41) is -0.0755. The molecule has 1 aliphatic rings. The molecule has 0 spiro atoms. The van der Waals surface area contributed by atoms with Gasteiger partial charge in [0.2, 0.25) is 0 Å². The van der Waals surface area contributed by atoms with E-state index in [0.717, 1.165) is 23.9 Å². The lowest BCUT2D eigenvalue weighted by Gasteiger charge is -2.26. The van der Waals surface area contributed by atoms with Crippen molar-refractivity contribution in [3.05, 3.63) is 27.6 Å². The van der Waals surface area contributed by atoms with Crippen molar-refractivity contribution >= 4 is 45.2 Å². The van der Waals surface area contributed by atoms with Gasteiger partial charge in [0.1, 0.15) is 5.82 Å². The van der Waals surface area contributed by atoms with Crippen LogP contribution in [0.1, 0.15) is 37.9 Å². The third-order valence-electron chi connectivity index (χ3n) is 4.36. The molecule has 2 aromatic rings.